The lowest BCUT2D eigenvalue weighted by Crippen LogP contribution is -2.46. The lowest BCUT2D eigenvalue weighted by Gasteiger charge is -2.33. The number of carbonyl (C=O) groups is 2. The number of hydrogen-bond donors (Lipinski definition) is 1. The molecule has 1 N–H and O–H groups in total. The first-order valence-electron chi connectivity index (χ1n) is 17.0. The second-order valence-corrected chi connectivity index (χ2v) is 15.1. The fourth-order valence-electron chi connectivity index (χ4n) is 7.31. The van der Waals surface area contributed by atoms with Crippen molar-refractivity contribution < 1.29 is 28.5 Å². The van der Waals surface area contributed by atoms with Crippen LogP contribution < -0.4 is 24.6 Å². The van der Waals surface area contributed by atoms with Gasteiger partial charge in [0.1, 0.15) is 17.7 Å². The molecular formula is C37H45N7O6. The molecule has 2 aromatic heterocycles. The zero-order chi connectivity index (χ0) is 35.6. The van der Waals surface area contributed by atoms with Crippen LogP contribution in [0.25, 0.3) is 10.9 Å². The van der Waals surface area contributed by atoms with Crippen molar-refractivity contribution in [3.63, 3.8) is 0 Å². The minimum Gasteiger partial charge on any atom is -0.497 e. The normalized spacial score (nSPS) is 20.6. The molecule has 13 heteroatoms. The molecule has 1 amide bonds. The third kappa shape index (κ3) is 5.66. The molecule has 264 valence electrons. The molecule has 2 aliphatic heterocycles. The fourth-order valence-corrected chi connectivity index (χ4v) is 7.31. The number of rotatable bonds is 6. The highest BCUT2D eigenvalue weighted by atomic mass is 16.6. The summed E-state index contributed by atoms with van der Waals surface area (Å²) >= 11 is 0. The predicted molar refractivity (Wildman–Crippen MR) is 190 cm³/mol. The molecule has 7 rings (SSSR count). The van der Waals surface area contributed by atoms with Crippen molar-refractivity contribution in [3.8, 4) is 11.5 Å². The number of hydrogen-bond acceptors (Lipinski definition) is 11. The third-order valence-corrected chi connectivity index (χ3v) is 9.56. The Kier molecular flexibility index (Phi) is 8.16. The van der Waals surface area contributed by atoms with Gasteiger partial charge in [0.2, 0.25) is 11.7 Å². The van der Waals surface area contributed by atoms with Gasteiger partial charge in [0.05, 0.1) is 31.8 Å². The van der Waals surface area contributed by atoms with Crippen molar-refractivity contribution >= 4 is 46.0 Å². The maximum atomic E-state index is 14.3. The fraction of sp³-hybridized carbons (Fsp3) is 0.486. The summed E-state index contributed by atoms with van der Waals surface area (Å²) < 4.78 is 24.1. The molecule has 0 bridgehead atoms. The maximum Gasteiger partial charge on any atom is 0.435 e. The van der Waals surface area contributed by atoms with Gasteiger partial charge in [-0.25, -0.2) is 14.8 Å². The van der Waals surface area contributed by atoms with Crippen LogP contribution in [0.5, 0.6) is 11.5 Å². The SMILES string of the molecule is COc1ccc2c(c1)[C@]1(C[C@H]1c1ccc3c(Nc4ncnc(N5CCCOCC5)c4OC)nn(C(=O)OC(C)(C)C)c3c1)C(=O)N2C(C)(C)C. The number of anilines is 4. The second-order valence-electron chi connectivity index (χ2n) is 15.1. The van der Waals surface area contributed by atoms with Crippen molar-refractivity contribution in [2.24, 2.45) is 0 Å². The average Bonchev–Trinajstić information content (AvgIpc) is 3.73. The molecule has 2 atom stereocenters. The molecule has 4 aromatic rings. The van der Waals surface area contributed by atoms with Crippen LogP contribution in [0.1, 0.15) is 71.4 Å². The van der Waals surface area contributed by atoms with E-state index in [-0.39, 0.29) is 11.8 Å². The van der Waals surface area contributed by atoms with Crippen molar-refractivity contribution in [1.29, 1.82) is 0 Å². The molecule has 2 aromatic carbocycles. The Labute approximate surface area is 291 Å². The molecule has 0 radical (unpaired) electrons. The summed E-state index contributed by atoms with van der Waals surface area (Å²) in [6, 6.07) is 11.8. The van der Waals surface area contributed by atoms with E-state index >= 15 is 0 Å². The van der Waals surface area contributed by atoms with Gasteiger partial charge in [0, 0.05) is 42.2 Å². The van der Waals surface area contributed by atoms with Crippen LogP contribution >= 0.6 is 0 Å². The number of aromatic nitrogens is 4. The third-order valence-electron chi connectivity index (χ3n) is 9.56. The Balaban J connectivity index is 1.30. The van der Waals surface area contributed by atoms with Gasteiger partial charge in [0.25, 0.3) is 0 Å². The first kappa shape index (κ1) is 33.6. The zero-order valence-electron chi connectivity index (χ0n) is 30.0. The average molecular weight is 684 g/mol. The minimum absolute atomic E-state index is 0.0731. The number of amides is 1. The molecule has 1 aliphatic carbocycles. The molecule has 1 spiro atoms. The van der Waals surface area contributed by atoms with E-state index < -0.39 is 22.6 Å². The number of benzene rings is 2. The lowest BCUT2D eigenvalue weighted by molar-refractivity contribution is -0.121. The largest absolute Gasteiger partial charge is 0.497 e. The summed E-state index contributed by atoms with van der Waals surface area (Å²) in [6.45, 7) is 14.3. The van der Waals surface area contributed by atoms with Gasteiger partial charge in [-0.2, -0.15) is 4.68 Å². The van der Waals surface area contributed by atoms with Crippen molar-refractivity contribution in [3.05, 3.63) is 53.9 Å². The molecule has 50 heavy (non-hydrogen) atoms. The summed E-state index contributed by atoms with van der Waals surface area (Å²) in [5, 5.41) is 8.71. The van der Waals surface area contributed by atoms with E-state index in [1.54, 1.807) is 14.2 Å². The van der Waals surface area contributed by atoms with E-state index in [4.69, 9.17) is 24.0 Å². The van der Waals surface area contributed by atoms with Crippen LogP contribution in [-0.4, -0.2) is 83.4 Å². The van der Waals surface area contributed by atoms with E-state index in [2.05, 4.69) is 20.2 Å². The van der Waals surface area contributed by atoms with Crippen LogP contribution in [0, 0.1) is 0 Å². The summed E-state index contributed by atoms with van der Waals surface area (Å²) in [4.78, 5) is 41.1. The van der Waals surface area contributed by atoms with Gasteiger partial charge in [-0.15, -0.1) is 5.10 Å². The Morgan fingerprint density at radius 1 is 0.980 bits per heavy atom. The van der Waals surface area contributed by atoms with Crippen molar-refractivity contribution in [2.75, 3.05) is 55.6 Å². The van der Waals surface area contributed by atoms with Crippen molar-refractivity contribution in [1.82, 2.24) is 19.7 Å². The highest BCUT2D eigenvalue weighted by Crippen LogP contribution is 2.67. The smallest absolute Gasteiger partial charge is 0.435 e. The highest BCUT2D eigenvalue weighted by molar-refractivity contribution is 6.12. The number of methoxy groups -OCH3 is 2. The molecule has 13 nitrogen and oxygen atoms in total. The quantitative estimate of drug-likeness (QED) is 0.250. The summed E-state index contributed by atoms with van der Waals surface area (Å²) in [7, 11) is 3.21. The summed E-state index contributed by atoms with van der Waals surface area (Å²) in [5.74, 6) is 2.59. The van der Waals surface area contributed by atoms with Crippen LogP contribution in [0.4, 0.5) is 27.9 Å². The first-order valence-corrected chi connectivity index (χ1v) is 17.0. The Hall–Kier alpha value is -4.91. The van der Waals surface area contributed by atoms with E-state index in [9.17, 15) is 9.59 Å². The zero-order valence-corrected chi connectivity index (χ0v) is 30.0. The standard InChI is InChI=1S/C37H45N7O6/c1-35(2,3)43-27-13-11-23(47-7)19-25(27)37(33(43)45)20-26(37)22-10-12-24-28(18-22)44(34(46)50-36(4,5)6)41-30(24)40-31-29(48-8)32(39-21-38-31)42-14-9-16-49-17-15-42/h10-13,18-19,21,26H,9,14-17,20H2,1-8H3,(H,38,39,40,41)/t26-,37-/m0/s1. The number of nitrogens with zero attached hydrogens (tertiary/aromatic N) is 6. The van der Waals surface area contributed by atoms with E-state index in [1.807, 2.05) is 82.8 Å². The molecule has 1 saturated carbocycles. The van der Waals surface area contributed by atoms with Crippen LogP contribution in [-0.2, 0) is 19.7 Å². The first-order chi connectivity index (χ1) is 23.8. The highest BCUT2D eigenvalue weighted by Gasteiger charge is 2.68. The van der Waals surface area contributed by atoms with E-state index in [0.29, 0.717) is 66.0 Å². The van der Waals surface area contributed by atoms with Gasteiger partial charge < -0.3 is 34.1 Å². The van der Waals surface area contributed by atoms with Crippen LogP contribution in [0.2, 0.25) is 0 Å². The molecule has 4 heterocycles. The van der Waals surface area contributed by atoms with Crippen LogP contribution in [0.15, 0.2) is 42.7 Å². The van der Waals surface area contributed by atoms with E-state index in [1.165, 1.54) is 11.0 Å². The van der Waals surface area contributed by atoms with Gasteiger partial charge >= 0.3 is 6.09 Å². The summed E-state index contributed by atoms with van der Waals surface area (Å²) in [6.07, 6.45) is 2.36. The Morgan fingerprint density at radius 2 is 1.78 bits per heavy atom. The lowest BCUT2D eigenvalue weighted by atomic mass is 9.91. The molecule has 3 aliphatic rings. The monoisotopic (exact) mass is 683 g/mol. The molecule has 1 saturated heterocycles. The van der Waals surface area contributed by atoms with Crippen molar-refractivity contribution in [2.45, 2.75) is 76.9 Å². The molecule has 0 unspecified atom stereocenters. The minimum atomic E-state index is -0.752. The molecular weight excluding hydrogens is 638 g/mol. The predicted octanol–water partition coefficient (Wildman–Crippen LogP) is 6.17. The number of ether oxygens (including phenoxy) is 4. The Bertz CT molecular complexity index is 1970. The summed E-state index contributed by atoms with van der Waals surface area (Å²) in [5.41, 5.74) is 1.44. The second kappa shape index (κ2) is 12.1. The number of carbonyl (C=O) groups excluding carboxylic acids is 2. The number of nitrogens with one attached hydrogen (secondary N) is 1. The van der Waals surface area contributed by atoms with Gasteiger partial charge in [-0.1, -0.05) is 6.07 Å². The van der Waals surface area contributed by atoms with Gasteiger partial charge in [0.15, 0.2) is 17.5 Å². The topological polar surface area (TPSA) is 133 Å². The maximum absolute atomic E-state index is 14.3. The van der Waals surface area contributed by atoms with Crippen LogP contribution in [0.3, 0.4) is 0 Å². The van der Waals surface area contributed by atoms with Gasteiger partial charge in [-0.05, 0) is 95.8 Å². The number of fused-ring (bicyclic) bond motifs is 3. The Morgan fingerprint density at radius 3 is 2.50 bits per heavy atom. The molecule has 2 fully saturated rings. The van der Waals surface area contributed by atoms with Gasteiger partial charge in [-0.3, -0.25) is 4.79 Å². The van der Waals surface area contributed by atoms with E-state index in [0.717, 1.165) is 29.8 Å².